The fourth-order valence-electron chi connectivity index (χ4n) is 3.93. The molecule has 4 rings (SSSR count). The molecule has 0 bridgehead atoms. The van der Waals surface area contributed by atoms with E-state index in [-0.39, 0.29) is 12.4 Å². The van der Waals surface area contributed by atoms with E-state index in [0.717, 1.165) is 16.7 Å². The Morgan fingerprint density at radius 2 is 1.59 bits per heavy atom. The molecular weight excluding hydrogens is 364 g/mol. The summed E-state index contributed by atoms with van der Waals surface area (Å²) in [6.45, 7) is 2.35. The average Bonchev–Trinajstić information content (AvgIpc) is 2.92. The summed E-state index contributed by atoms with van der Waals surface area (Å²) in [6.07, 6.45) is 0. The first-order chi connectivity index (χ1) is 14.2. The third kappa shape index (κ3) is 3.66. The van der Waals surface area contributed by atoms with Crippen LogP contribution in [-0.4, -0.2) is 18.4 Å². The second kappa shape index (κ2) is 8.31. The van der Waals surface area contributed by atoms with Crippen molar-refractivity contribution in [2.24, 2.45) is 5.92 Å². The highest BCUT2D eigenvalue weighted by Gasteiger charge is 2.41. The average molecular weight is 386 g/mol. The summed E-state index contributed by atoms with van der Waals surface area (Å²) in [7, 11) is 0. The SMILES string of the molecule is CCOC(=O)C(C(=O)c1ccccc1)C1c2ccccc2COc2ccccc21. The molecule has 0 saturated carbocycles. The minimum absolute atomic E-state index is 0.212. The minimum atomic E-state index is -0.999. The van der Waals surface area contributed by atoms with Crippen LogP contribution in [0.4, 0.5) is 0 Å². The Bertz CT molecular complexity index is 978. The smallest absolute Gasteiger partial charge is 0.317 e. The van der Waals surface area contributed by atoms with Crippen LogP contribution in [0.1, 0.15) is 39.9 Å². The number of hydrogen-bond acceptors (Lipinski definition) is 4. The minimum Gasteiger partial charge on any atom is -0.489 e. The maximum absolute atomic E-state index is 13.6. The quantitative estimate of drug-likeness (QED) is 0.360. The summed E-state index contributed by atoms with van der Waals surface area (Å²) < 4.78 is 11.4. The van der Waals surface area contributed by atoms with Gasteiger partial charge >= 0.3 is 5.97 Å². The lowest BCUT2D eigenvalue weighted by atomic mass is 9.75. The van der Waals surface area contributed by atoms with Crippen molar-refractivity contribution in [1.29, 1.82) is 0 Å². The first kappa shape index (κ1) is 18.9. The normalized spacial score (nSPS) is 15.8. The van der Waals surface area contributed by atoms with Crippen LogP contribution in [0.5, 0.6) is 5.75 Å². The number of esters is 1. The predicted octanol–water partition coefficient (Wildman–Crippen LogP) is 4.77. The Labute approximate surface area is 170 Å². The fourth-order valence-corrected chi connectivity index (χ4v) is 3.93. The van der Waals surface area contributed by atoms with Crippen molar-refractivity contribution in [3.63, 3.8) is 0 Å². The van der Waals surface area contributed by atoms with Crippen LogP contribution in [0.2, 0.25) is 0 Å². The number of ether oxygens (including phenoxy) is 2. The van der Waals surface area contributed by atoms with E-state index in [1.807, 2.05) is 54.6 Å². The van der Waals surface area contributed by atoms with Crippen LogP contribution in [0.25, 0.3) is 0 Å². The van der Waals surface area contributed by atoms with Gasteiger partial charge in [-0.1, -0.05) is 72.8 Å². The van der Waals surface area contributed by atoms with Gasteiger partial charge in [0.15, 0.2) is 5.78 Å². The lowest BCUT2D eigenvalue weighted by Crippen LogP contribution is -2.33. The molecular formula is C25H22O4. The van der Waals surface area contributed by atoms with Gasteiger partial charge in [-0.25, -0.2) is 0 Å². The van der Waals surface area contributed by atoms with E-state index >= 15 is 0 Å². The zero-order chi connectivity index (χ0) is 20.2. The van der Waals surface area contributed by atoms with Crippen LogP contribution >= 0.6 is 0 Å². The Kier molecular flexibility index (Phi) is 5.43. The van der Waals surface area contributed by atoms with Crippen molar-refractivity contribution < 1.29 is 19.1 Å². The first-order valence-corrected chi connectivity index (χ1v) is 9.76. The van der Waals surface area contributed by atoms with Gasteiger partial charge in [-0.3, -0.25) is 9.59 Å². The van der Waals surface area contributed by atoms with Gasteiger partial charge in [0.05, 0.1) is 6.61 Å². The zero-order valence-corrected chi connectivity index (χ0v) is 16.2. The van der Waals surface area contributed by atoms with Crippen molar-refractivity contribution in [3.8, 4) is 5.75 Å². The molecule has 29 heavy (non-hydrogen) atoms. The molecule has 0 spiro atoms. The molecule has 2 unspecified atom stereocenters. The number of rotatable bonds is 5. The third-order valence-electron chi connectivity index (χ3n) is 5.24. The van der Waals surface area contributed by atoms with Gasteiger partial charge in [0.25, 0.3) is 0 Å². The van der Waals surface area contributed by atoms with E-state index in [9.17, 15) is 9.59 Å². The van der Waals surface area contributed by atoms with E-state index in [2.05, 4.69) is 0 Å². The van der Waals surface area contributed by atoms with Crippen LogP contribution in [0.15, 0.2) is 78.9 Å². The molecule has 0 radical (unpaired) electrons. The van der Waals surface area contributed by atoms with Gasteiger partial charge in [-0.15, -0.1) is 0 Å². The molecule has 4 heteroatoms. The second-order valence-corrected chi connectivity index (χ2v) is 6.96. The zero-order valence-electron chi connectivity index (χ0n) is 16.2. The molecule has 2 atom stereocenters. The summed E-state index contributed by atoms with van der Waals surface area (Å²) >= 11 is 0. The van der Waals surface area contributed by atoms with Crippen molar-refractivity contribution >= 4 is 11.8 Å². The summed E-state index contributed by atoms with van der Waals surface area (Å²) in [6, 6.07) is 24.3. The molecule has 3 aromatic rings. The number of hydrogen-bond donors (Lipinski definition) is 0. The first-order valence-electron chi connectivity index (χ1n) is 9.76. The van der Waals surface area contributed by atoms with E-state index in [1.165, 1.54) is 0 Å². The van der Waals surface area contributed by atoms with Gasteiger partial charge in [0.2, 0.25) is 0 Å². The van der Waals surface area contributed by atoms with Gasteiger partial charge in [0.1, 0.15) is 18.3 Å². The Morgan fingerprint density at radius 3 is 2.34 bits per heavy atom. The standard InChI is InChI=1S/C25H22O4/c1-2-28-25(27)23(24(26)17-10-4-3-5-11-17)22-19-13-7-6-12-18(19)16-29-21-15-9-8-14-20(21)22/h3-15,22-23H,2,16H2,1H3. The summed E-state index contributed by atoms with van der Waals surface area (Å²) in [5.41, 5.74) is 3.19. The van der Waals surface area contributed by atoms with Gasteiger partial charge < -0.3 is 9.47 Å². The fraction of sp³-hybridized carbons (Fsp3) is 0.200. The molecule has 0 saturated heterocycles. The number of carbonyl (C=O) groups excluding carboxylic acids is 2. The summed E-state index contributed by atoms with van der Waals surface area (Å²) in [5.74, 6) is -1.57. The van der Waals surface area contributed by atoms with E-state index in [0.29, 0.717) is 17.9 Å². The highest BCUT2D eigenvalue weighted by Crippen LogP contribution is 2.43. The van der Waals surface area contributed by atoms with Crippen LogP contribution in [0.3, 0.4) is 0 Å². The number of Topliss-reactive ketones (excluding diaryl/α,β-unsaturated/α-hetero) is 1. The molecule has 3 aromatic carbocycles. The van der Waals surface area contributed by atoms with Crippen LogP contribution in [0, 0.1) is 5.92 Å². The largest absolute Gasteiger partial charge is 0.489 e. The molecule has 0 aliphatic carbocycles. The molecule has 4 nitrogen and oxygen atoms in total. The van der Waals surface area contributed by atoms with Gasteiger partial charge in [-0.05, 0) is 24.1 Å². The molecule has 0 aromatic heterocycles. The Balaban J connectivity index is 1.92. The molecule has 1 aliphatic heterocycles. The summed E-state index contributed by atoms with van der Waals surface area (Å²) in [5, 5.41) is 0. The topological polar surface area (TPSA) is 52.6 Å². The Morgan fingerprint density at radius 1 is 0.931 bits per heavy atom. The monoisotopic (exact) mass is 386 g/mol. The molecule has 146 valence electrons. The van der Waals surface area contributed by atoms with Gasteiger partial charge in [0, 0.05) is 17.0 Å². The lowest BCUT2D eigenvalue weighted by molar-refractivity contribution is -0.146. The number of fused-ring (bicyclic) bond motifs is 2. The predicted molar refractivity (Wildman–Crippen MR) is 110 cm³/mol. The third-order valence-corrected chi connectivity index (χ3v) is 5.24. The van der Waals surface area contributed by atoms with Crippen LogP contribution < -0.4 is 4.74 Å². The second-order valence-electron chi connectivity index (χ2n) is 6.96. The van der Waals surface area contributed by atoms with E-state index in [1.54, 1.807) is 31.2 Å². The number of benzene rings is 3. The van der Waals surface area contributed by atoms with E-state index in [4.69, 9.17) is 9.47 Å². The lowest BCUT2D eigenvalue weighted by Gasteiger charge is -2.26. The molecule has 0 fully saturated rings. The molecule has 1 heterocycles. The highest BCUT2D eigenvalue weighted by atomic mass is 16.5. The Hall–Kier alpha value is -3.40. The van der Waals surface area contributed by atoms with Gasteiger partial charge in [-0.2, -0.15) is 0 Å². The highest BCUT2D eigenvalue weighted by molar-refractivity contribution is 6.09. The maximum Gasteiger partial charge on any atom is 0.317 e. The summed E-state index contributed by atoms with van der Waals surface area (Å²) in [4.78, 5) is 26.7. The number of carbonyl (C=O) groups is 2. The van der Waals surface area contributed by atoms with Crippen molar-refractivity contribution in [3.05, 3.63) is 101 Å². The van der Waals surface area contributed by atoms with E-state index < -0.39 is 17.8 Å². The number of ketones is 1. The molecule has 0 N–H and O–H groups in total. The van der Waals surface area contributed by atoms with Crippen LogP contribution in [-0.2, 0) is 16.1 Å². The maximum atomic E-state index is 13.6. The van der Waals surface area contributed by atoms with Crippen molar-refractivity contribution in [2.45, 2.75) is 19.4 Å². The molecule has 1 aliphatic rings. The van der Waals surface area contributed by atoms with Crippen molar-refractivity contribution in [2.75, 3.05) is 6.61 Å². The molecule has 0 amide bonds. The number of para-hydroxylation sites is 1. The van der Waals surface area contributed by atoms with Crippen molar-refractivity contribution in [1.82, 2.24) is 0 Å².